The van der Waals surface area contributed by atoms with Gasteiger partial charge < -0.3 is 0 Å². The molecule has 0 aromatic carbocycles. The minimum Gasteiger partial charge on any atom is -0.167 e. The van der Waals surface area contributed by atoms with Gasteiger partial charge in [-0.1, -0.05) is 22.4 Å². The third-order valence-electron chi connectivity index (χ3n) is 4.43. The Labute approximate surface area is 104 Å². The van der Waals surface area contributed by atoms with E-state index in [9.17, 15) is 0 Å². The molecule has 1 aromatic rings. The number of hydrogen-bond donors (Lipinski definition) is 0. The van der Waals surface area contributed by atoms with Gasteiger partial charge in [-0.25, -0.2) is 0 Å². The Balaban J connectivity index is 1.81. The fourth-order valence-corrected chi connectivity index (χ4v) is 4.58. The minimum atomic E-state index is 0.409. The van der Waals surface area contributed by atoms with Gasteiger partial charge in [-0.15, -0.1) is 10.2 Å². The number of aryl methyl sites for hydroxylation is 1. The SMILES string of the molecule is Cn1nnc(CC2(CBr)CC3CCC2C3)n1. The highest BCUT2D eigenvalue weighted by molar-refractivity contribution is 9.09. The predicted octanol–water partition coefficient (Wildman–Crippen LogP) is 1.95. The second-order valence-electron chi connectivity index (χ2n) is 5.45. The normalized spacial score (nSPS) is 37.1. The number of halogens is 1. The lowest BCUT2D eigenvalue weighted by Gasteiger charge is -2.35. The Morgan fingerprint density at radius 1 is 1.50 bits per heavy atom. The Bertz CT molecular complexity index is 391. The van der Waals surface area contributed by atoms with Gasteiger partial charge in [0.15, 0.2) is 5.82 Å². The molecule has 88 valence electrons. The zero-order chi connectivity index (χ0) is 11.2. The molecule has 3 unspecified atom stereocenters. The van der Waals surface area contributed by atoms with Crippen molar-refractivity contribution in [1.82, 2.24) is 20.2 Å². The second-order valence-corrected chi connectivity index (χ2v) is 6.01. The van der Waals surface area contributed by atoms with Crippen LogP contribution >= 0.6 is 15.9 Å². The minimum absolute atomic E-state index is 0.409. The first kappa shape index (κ1) is 10.7. The summed E-state index contributed by atoms with van der Waals surface area (Å²) in [7, 11) is 1.83. The van der Waals surface area contributed by atoms with Gasteiger partial charge in [0.2, 0.25) is 0 Å². The van der Waals surface area contributed by atoms with E-state index in [1.165, 1.54) is 25.7 Å². The molecule has 4 nitrogen and oxygen atoms in total. The number of aromatic nitrogens is 4. The van der Waals surface area contributed by atoms with Crippen LogP contribution in [0.2, 0.25) is 0 Å². The molecule has 2 aliphatic carbocycles. The second kappa shape index (κ2) is 3.79. The summed E-state index contributed by atoms with van der Waals surface area (Å²) < 4.78 is 0. The van der Waals surface area contributed by atoms with Gasteiger partial charge in [0.1, 0.15) is 0 Å². The van der Waals surface area contributed by atoms with Crippen molar-refractivity contribution in [2.75, 3.05) is 5.33 Å². The molecule has 16 heavy (non-hydrogen) atoms. The van der Waals surface area contributed by atoms with Crippen molar-refractivity contribution in [1.29, 1.82) is 0 Å². The number of nitrogens with zero attached hydrogens (tertiary/aromatic N) is 4. The van der Waals surface area contributed by atoms with Crippen LogP contribution in [0.4, 0.5) is 0 Å². The fourth-order valence-electron chi connectivity index (χ4n) is 3.69. The Morgan fingerprint density at radius 2 is 2.38 bits per heavy atom. The lowest BCUT2D eigenvalue weighted by atomic mass is 9.72. The molecular weight excluding hydrogens is 268 g/mol. The molecule has 1 aromatic heterocycles. The molecule has 0 spiro atoms. The van der Waals surface area contributed by atoms with E-state index in [1.807, 2.05) is 7.05 Å². The van der Waals surface area contributed by atoms with Crippen LogP contribution in [0.25, 0.3) is 0 Å². The molecule has 0 N–H and O–H groups in total. The highest BCUT2D eigenvalue weighted by Gasteiger charge is 2.50. The lowest BCUT2D eigenvalue weighted by Crippen LogP contribution is -2.32. The van der Waals surface area contributed by atoms with Crippen LogP contribution in [-0.4, -0.2) is 25.5 Å². The summed E-state index contributed by atoms with van der Waals surface area (Å²) in [6.07, 6.45) is 6.60. The van der Waals surface area contributed by atoms with E-state index >= 15 is 0 Å². The van der Waals surface area contributed by atoms with Crippen LogP contribution in [0.15, 0.2) is 0 Å². The third-order valence-corrected chi connectivity index (χ3v) is 5.55. The van der Waals surface area contributed by atoms with Crippen LogP contribution in [0.3, 0.4) is 0 Å². The first-order valence-electron chi connectivity index (χ1n) is 6.01. The van der Waals surface area contributed by atoms with E-state index < -0.39 is 0 Å². The molecule has 3 rings (SSSR count). The van der Waals surface area contributed by atoms with Gasteiger partial charge in [-0.2, -0.15) is 4.80 Å². The molecule has 1 heterocycles. The molecule has 0 aliphatic heterocycles. The van der Waals surface area contributed by atoms with Crippen molar-refractivity contribution in [3.63, 3.8) is 0 Å². The Hall–Kier alpha value is -0.450. The highest BCUT2D eigenvalue weighted by atomic mass is 79.9. The van der Waals surface area contributed by atoms with E-state index in [1.54, 1.807) is 4.80 Å². The van der Waals surface area contributed by atoms with Gasteiger partial charge in [0, 0.05) is 11.8 Å². The van der Waals surface area contributed by atoms with Crippen molar-refractivity contribution in [3.8, 4) is 0 Å². The average molecular weight is 285 g/mol. The van der Waals surface area contributed by atoms with Gasteiger partial charge >= 0.3 is 0 Å². The molecule has 2 aliphatic rings. The summed E-state index contributed by atoms with van der Waals surface area (Å²) in [5.41, 5.74) is 0.409. The summed E-state index contributed by atoms with van der Waals surface area (Å²) in [4.78, 5) is 1.56. The number of hydrogen-bond acceptors (Lipinski definition) is 3. The molecular formula is C11H17BrN4. The van der Waals surface area contributed by atoms with Crippen LogP contribution in [0.5, 0.6) is 0 Å². The molecule has 2 fully saturated rings. The summed E-state index contributed by atoms with van der Waals surface area (Å²) in [5, 5.41) is 13.5. The molecule has 0 amide bonds. The van der Waals surface area contributed by atoms with E-state index in [0.29, 0.717) is 5.41 Å². The summed E-state index contributed by atoms with van der Waals surface area (Å²) >= 11 is 3.72. The van der Waals surface area contributed by atoms with Gasteiger partial charge in [0.05, 0.1) is 7.05 Å². The van der Waals surface area contributed by atoms with Crippen LogP contribution in [0, 0.1) is 17.3 Å². The lowest BCUT2D eigenvalue weighted by molar-refractivity contribution is 0.193. The molecule has 0 saturated heterocycles. The Morgan fingerprint density at radius 3 is 2.88 bits per heavy atom. The number of tetrazole rings is 1. The van der Waals surface area contributed by atoms with E-state index in [2.05, 4.69) is 31.3 Å². The largest absolute Gasteiger partial charge is 0.175 e. The van der Waals surface area contributed by atoms with Gasteiger partial charge in [-0.3, -0.25) is 0 Å². The van der Waals surface area contributed by atoms with Crippen molar-refractivity contribution in [3.05, 3.63) is 5.82 Å². The van der Waals surface area contributed by atoms with Gasteiger partial charge in [-0.05, 0) is 41.7 Å². The van der Waals surface area contributed by atoms with Crippen LogP contribution in [0.1, 0.15) is 31.5 Å². The first-order chi connectivity index (χ1) is 7.72. The van der Waals surface area contributed by atoms with E-state index in [0.717, 1.165) is 29.4 Å². The zero-order valence-electron chi connectivity index (χ0n) is 9.56. The van der Waals surface area contributed by atoms with Crippen molar-refractivity contribution >= 4 is 15.9 Å². The number of alkyl halides is 1. The highest BCUT2D eigenvalue weighted by Crippen LogP contribution is 2.57. The van der Waals surface area contributed by atoms with Crippen molar-refractivity contribution in [2.45, 2.75) is 32.1 Å². The van der Waals surface area contributed by atoms with Crippen molar-refractivity contribution in [2.24, 2.45) is 24.3 Å². The van der Waals surface area contributed by atoms with Gasteiger partial charge in [0.25, 0.3) is 0 Å². The predicted molar refractivity (Wildman–Crippen MR) is 64.2 cm³/mol. The zero-order valence-corrected chi connectivity index (χ0v) is 11.2. The van der Waals surface area contributed by atoms with E-state index in [-0.39, 0.29) is 0 Å². The maximum atomic E-state index is 4.32. The summed E-state index contributed by atoms with van der Waals surface area (Å²) in [6.45, 7) is 0. The maximum absolute atomic E-state index is 4.32. The van der Waals surface area contributed by atoms with E-state index in [4.69, 9.17) is 0 Å². The standard InChI is InChI=1S/C11H17BrN4/c1-16-14-10(13-15-16)6-11(7-12)5-8-2-3-9(11)4-8/h8-9H,2-7H2,1H3. The molecule has 2 saturated carbocycles. The summed E-state index contributed by atoms with van der Waals surface area (Å²) in [6, 6.07) is 0. The van der Waals surface area contributed by atoms with Crippen molar-refractivity contribution < 1.29 is 0 Å². The maximum Gasteiger partial charge on any atom is 0.175 e. The topological polar surface area (TPSA) is 43.6 Å². The smallest absolute Gasteiger partial charge is 0.167 e. The monoisotopic (exact) mass is 284 g/mol. The van der Waals surface area contributed by atoms with Crippen LogP contribution in [-0.2, 0) is 13.5 Å². The fraction of sp³-hybridized carbons (Fsp3) is 0.909. The molecule has 2 bridgehead atoms. The summed E-state index contributed by atoms with van der Waals surface area (Å²) in [5.74, 6) is 2.74. The number of fused-ring (bicyclic) bond motifs is 2. The number of rotatable bonds is 3. The molecule has 5 heteroatoms. The molecule has 0 radical (unpaired) electrons. The molecule has 3 atom stereocenters. The third kappa shape index (κ3) is 1.60. The quantitative estimate of drug-likeness (QED) is 0.797. The Kier molecular flexibility index (Phi) is 2.53. The first-order valence-corrected chi connectivity index (χ1v) is 7.13. The average Bonchev–Trinajstić information content (AvgIpc) is 2.94. The van der Waals surface area contributed by atoms with Crippen LogP contribution < -0.4 is 0 Å².